The van der Waals surface area contributed by atoms with Crippen LogP contribution in [-0.2, 0) is 6.42 Å². The summed E-state index contributed by atoms with van der Waals surface area (Å²) in [5, 5.41) is 0. The van der Waals surface area contributed by atoms with Crippen molar-refractivity contribution >= 4 is 17.4 Å². The summed E-state index contributed by atoms with van der Waals surface area (Å²) < 4.78 is 0. The molecule has 0 atom stereocenters. The number of halogens is 1. The Bertz CT molecular complexity index is 646. The van der Waals surface area contributed by atoms with E-state index in [0.717, 1.165) is 24.8 Å². The molecule has 0 saturated heterocycles. The fourth-order valence-corrected chi connectivity index (χ4v) is 3.03. The molecule has 0 unspecified atom stereocenters. The van der Waals surface area contributed by atoms with Gasteiger partial charge < -0.3 is 0 Å². The predicted molar refractivity (Wildman–Crippen MR) is 83.6 cm³/mol. The third-order valence-electron chi connectivity index (χ3n) is 3.90. The summed E-state index contributed by atoms with van der Waals surface area (Å²) >= 11 is 5.65. The number of Topliss-reactive ketones (excluding diaryl/α,β-unsaturated/α-hetero) is 1. The quantitative estimate of drug-likeness (QED) is 0.372. The minimum absolute atomic E-state index is 0.230. The monoisotopic (exact) mass is 284 g/mol. The Labute approximate surface area is 124 Å². The average molecular weight is 285 g/mol. The zero-order chi connectivity index (χ0) is 13.9. The predicted octanol–water partition coefficient (Wildman–Crippen LogP) is 4.85. The topological polar surface area (TPSA) is 17.1 Å². The standard InChI is InChI=1S/C18H17ClO/c19-10-4-3-7-18(20)14-8-9-17-15(12-14)11-13-5-1-2-6-16(13)17/h1-2,5-6,8-9,12H,3-4,7,10-11H2. The molecule has 0 saturated carbocycles. The Morgan fingerprint density at radius 2 is 1.80 bits per heavy atom. The third-order valence-corrected chi connectivity index (χ3v) is 4.17. The lowest BCUT2D eigenvalue weighted by atomic mass is 9.99. The van der Waals surface area contributed by atoms with Crippen molar-refractivity contribution in [1.82, 2.24) is 0 Å². The van der Waals surface area contributed by atoms with Crippen LogP contribution in [0.1, 0.15) is 40.7 Å². The molecule has 2 aromatic rings. The molecule has 0 amide bonds. The van der Waals surface area contributed by atoms with Gasteiger partial charge in [0.25, 0.3) is 0 Å². The number of carbonyl (C=O) groups is 1. The molecule has 1 aliphatic rings. The maximum Gasteiger partial charge on any atom is 0.162 e. The second-order valence-corrected chi connectivity index (χ2v) is 5.65. The van der Waals surface area contributed by atoms with Crippen molar-refractivity contribution in [3.05, 3.63) is 59.2 Å². The summed E-state index contributed by atoms with van der Waals surface area (Å²) in [6.45, 7) is 0. The Hall–Kier alpha value is -1.60. The first kappa shape index (κ1) is 13.4. The number of ketones is 1. The van der Waals surface area contributed by atoms with E-state index in [-0.39, 0.29) is 5.78 Å². The molecule has 1 aliphatic carbocycles. The Morgan fingerprint density at radius 3 is 2.65 bits per heavy atom. The van der Waals surface area contributed by atoms with Crippen molar-refractivity contribution in [3.8, 4) is 11.1 Å². The number of carbonyl (C=O) groups excluding carboxylic acids is 1. The van der Waals surface area contributed by atoms with E-state index >= 15 is 0 Å². The average Bonchev–Trinajstić information content (AvgIpc) is 2.85. The summed E-state index contributed by atoms with van der Waals surface area (Å²) in [4.78, 5) is 12.1. The zero-order valence-electron chi connectivity index (χ0n) is 11.4. The van der Waals surface area contributed by atoms with Gasteiger partial charge in [-0.05, 0) is 47.6 Å². The van der Waals surface area contributed by atoms with E-state index in [9.17, 15) is 4.79 Å². The van der Waals surface area contributed by atoms with Crippen molar-refractivity contribution in [2.24, 2.45) is 0 Å². The van der Waals surface area contributed by atoms with E-state index in [4.69, 9.17) is 11.6 Å². The highest BCUT2D eigenvalue weighted by Gasteiger charge is 2.19. The van der Waals surface area contributed by atoms with E-state index in [0.29, 0.717) is 12.3 Å². The molecule has 2 aromatic carbocycles. The van der Waals surface area contributed by atoms with Gasteiger partial charge in [-0.3, -0.25) is 4.79 Å². The van der Waals surface area contributed by atoms with E-state index < -0.39 is 0 Å². The lowest BCUT2D eigenvalue weighted by Crippen LogP contribution is -2.00. The number of benzene rings is 2. The van der Waals surface area contributed by atoms with Gasteiger partial charge in [-0.25, -0.2) is 0 Å². The lowest BCUT2D eigenvalue weighted by molar-refractivity contribution is 0.0980. The molecule has 0 aliphatic heterocycles. The van der Waals surface area contributed by atoms with Crippen molar-refractivity contribution < 1.29 is 4.79 Å². The SMILES string of the molecule is O=C(CCCCCl)c1ccc2c(c1)Cc1ccccc1-2. The van der Waals surface area contributed by atoms with Crippen LogP contribution in [-0.4, -0.2) is 11.7 Å². The number of hydrogen-bond acceptors (Lipinski definition) is 1. The first-order valence-corrected chi connectivity index (χ1v) is 7.63. The number of alkyl halides is 1. The largest absolute Gasteiger partial charge is 0.294 e. The molecule has 0 aromatic heterocycles. The fourth-order valence-electron chi connectivity index (χ4n) is 2.84. The second kappa shape index (κ2) is 5.80. The first-order valence-electron chi connectivity index (χ1n) is 7.10. The van der Waals surface area contributed by atoms with Crippen LogP contribution >= 0.6 is 11.6 Å². The molecule has 0 heterocycles. The molecule has 0 fully saturated rings. The zero-order valence-corrected chi connectivity index (χ0v) is 12.1. The summed E-state index contributed by atoms with van der Waals surface area (Å²) in [7, 11) is 0. The molecule has 2 heteroatoms. The normalized spacial score (nSPS) is 12.1. The molecule has 0 spiro atoms. The summed E-state index contributed by atoms with van der Waals surface area (Å²) in [5.74, 6) is 0.862. The highest BCUT2D eigenvalue weighted by Crippen LogP contribution is 2.36. The van der Waals surface area contributed by atoms with Crippen LogP contribution in [0.5, 0.6) is 0 Å². The Morgan fingerprint density at radius 1 is 1.00 bits per heavy atom. The summed E-state index contributed by atoms with van der Waals surface area (Å²) in [5.41, 5.74) is 6.05. The van der Waals surface area contributed by atoms with Crippen LogP contribution in [0.4, 0.5) is 0 Å². The van der Waals surface area contributed by atoms with Crippen molar-refractivity contribution in [1.29, 1.82) is 0 Å². The van der Waals surface area contributed by atoms with E-state index in [2.05, 4.69) is 36.4 Å². The van der Waals surface area contributed by atoms with Gasteiger partial charge in [-0.1, -0.05) is 36.4 Å². The molecule has 0 radical (unpaired) electrons. The minimum Gasteiger partial charge on any atom is -0.294 e. The smallest absolute Gasteiger partial charge is 0.162 e. The van der Waals surface area contributed by atoms with Gasteiger partial charge in [0.1, 0.15) is 0 Å². The minimum atomic E-state index is 0.230. The molecule has 1 nitrogen and oxygen atoms in total. The van der Waals surface area contributed by atoms with Crippen LogP contribution < -0.4 is 0 Å². The molecular weight excluding hydrogens is 268 g/mol. The van der Waals surface area contributed by atoms with Gasteiger partial charge in [0.15, 0.2) is 5.78 Å². The van der Waals surface area contributed by atoms with Crippen LogP contribution in [0.15, 0.2) is 42.5 Å². The van der Waals surface area contributed by atoms with Crippen molar-refractivity contribution in [3.63, 3.8) is 0 Å². The molecule has 0 N–H and O–H groups in total. The van der Waals surface area contributed by atoms with Gasteiger partial charge in [0.05, 0.1) is 0 Å². The van der Waals surface area contributed by atoms with Gasteiger partial charge in [-0.2, -0.15) is 0 Å². The fraction of sp³-hybridized carbons (Fsp3) is 0.278. The van der Waals surface area contributed by atoms with Crippen molar-refractivity contribution in [2.45, 2.75) is 25.7 Å². The van der Waals surface area contributed by atoms with Crippen LogP contribution in [0.25, 0.3) is 11.1 Å². The molecule has 3 rings (SSSR count). The van der Waals surface area contributed by atoms with Crippen LogP contribution in [0, 0.1) is 0 Å². The molecule has 0 bridgehead atoms. The highest BCUT2D eigenvalue weighted by atomic mass is 35.5. The molecule has 102 valence electrons. The van der Waals surface area contributed by atoms with Gasteiger partial charge in [-0.15, -0.1) is 11.6 Å². The maximum atomic E-state index is 12.1. The first-order chi connectivity index (χ1) is 9.79. The maximum absolute atomic E-state index is 12.1. The van der Waals surface area contributed by atoms with Gasteiger partial charge in [0.2, 0.25) is 0 Å². The van der Waals surface area contributed by atoms with E-state index in [1.165, 1.54) is 22.3 Å². The van der Waals surface area contributed by atoms with Gasteiger partial charge >= 0.3 is 0 Å². The van der Waals surface area contributed by atoms with Crippen LogP contribution in [0.2, 0.25) is 0 Å². The van der Waals surface area contributed by atoms with E-state index in [1.807, 2.05) is 6.07 Å². The van der Waals surface area contributed by atoms with E-state index in [1.54, 1.807) is 0 Å². The molecular formula is C18H17ClO. The number of unbranched alkanes of at least 4 members (excludes halogenated alkanes) is 1. The Balaban J connectivity index is 1.82. The lowest BCUT2D eigenvalue weighted by Gasteiger charge is -2.04. The highest BCUT2D eigenvalue weighted by molar-refractivity contribution is 6.17. The van der Waals surface area contributed by atoms with Gasteiger partial charge in [0, 0.05) is 17.9 Å². The third kappa shape index (κ3) is 2.51. The van der Waals surface area contributed by atoms with Crippen LogP contribution in [0.3, 0.4) is 0 Å². The summed E-state index contributed by atoms with van der Waals surface area (Å²) in [6.07, 6.45) is 3.32. The number of hydrogen-bond donors (Lipinski definition) is 0. The Kier molecular flexibility index (Phi) is 3.88. The number of rotatable bonds is 5. The summed E-state index contributed by atoms with van der Waals surface area (Å²) in [6, 6.07) is 14.6. The van der Waals surface area contributed by atoms with Crippen molar-refractivity contribution in [2.75, 3.05) is 5.88 Å². The molecule has 20 heavy (non-hydrogen) atoms. The number of fused-ring (bicyclic) bond motifs is 3. The second-order valence-electron chi connectivity index (χ2n) is 5.28.